The lowest BCUT2D eigenvalue weighted by atomic mass is 10.0. The summed E-state index contributed by atoms with van der Waals surface area (Å²) >= 11 is 1.39. The van der Waals surface area contributed by atoms with E-state index in [1.165, 1.54) is 47.2 Å². The van der Waals surface area contributed by atoms with Crippen LogP contribution in [-0.2, 0) is 10.5 Å². The van der Waals surface area contributed by atoms with Crippen LogP contribution in [0.3, 0.4) is 0 Å². The lowest BCUT2D eigenvalue weighted by molar-refractivity contribution is 0.0601. The number of aromatic nitrogens is 2. The molecule has 140 valence electrons. The Morgan fingerprint density at radius 3 is 2.48 bits per heavy atom. The van der Waals surface area contributed by atoms with E-state index in [1.54, 1.807) is 12.1 Å². The Bertz CT molecular complexity index is 1080. The van der Waals surface area contributed by atoms with Crippen LogP contribution >= 0.6 is 11.8 Å². The predicted molar refractivity (Wildman–Crippen MR) is 108 cm³/mol. The Hall–Kier alpha value is -2.80. The molecule has 0 saturated carbocycles. The molecule has 0 atom stereocenters. The fourth-order valence-corrected chi connectivity index (χ4v) is 4.21. The van der Waals surface area contributed by atoms with Crippen LogP contribution in [0.25, 0.3) is 10.9 Å². The van der Waals surface area contributed by atoms with Crippen LogP contribution in [0.2, 0.25) is 0 Å². The molecule has 1 aromatic heterocycles. The molecular formula is C20H21N3O3S. The molecule has 0 bridgehead atoms. The maximum absolute atomic E-state index is 12.6. The van der Waals surface area contributed by atoms with Gasteiger partial charge in [0.1, 0.15) is 0 Å². The van der Waals surface area contributed by atoms with Gasteiger partial charge in [-0.15, -0.1) is 0 Å². The Labute approximate surface area is 161 Å². The molecule has 0 saturated heterocycles. The summed E-state index contributed by atoms with van der Waals surface area (Å²) in [4.78, 5) is 28.8. The molecule has 0 aliphatic carbocycles. The maximum atomic E-state index is 12.6. The van der Waals surface area contributed by atoms with E-state index in [4.69, 9.17) is 10.6 Å². The monoisotopic (exact) mass is 383 g/mol. The van der Waals surface area contributed by atoms with Crippen molar-refractivity contribution < 1.29 is 9.53 Å². The van der Waals surface area contributed by atoms with Crippen molar-refractivity contribution in [2.45, 2.75) is 31.7 Å². The van der Waals surface area contributed by atoms with Crippen LogP contribution in [0.1, 0.15) is 32.6 Å². The number of aryl methyl sites for hydroxylation is 3. The third-order valence-electron chi connectivity index (χ3n) is 4.48. The first kappa shape index (κ1) is 19.0. The number of rotatable bonds is 4. The molecular weight excluding hydrogens is 362 g/mol. The second-order valence-electron chi connectivity index (χ2n) is 6.46. The normalized spacial score (nSPS) is 11.0. The highest BCUT2D eigenvalue weighted by Crippen LogP contribution is 2.26. The molecule has 3 aromatic rings. The first-order valence-electron chi connectivity index (χ1n) is 8.41. The van der Waals surface area contributed by atoms with E-state index >= 15 is 0 Å². The number of nitrogens with two attached hydrogens (primary N) is 1. The third kappa shape index (κ3) is 3.68. The van der Waals surface area contributed by atoms with Crippen molar-refractivity contribution in [2.75, 3.05) is 13.0 Å². The Morgan fingerprint density at radius 2 is 1.85 bits per heavy atom. The smallest absolute Gasteiger partial charge is 0.337 e. The molecule has 3 rings (SSSR count). The van der Waals surface area contributed by atoms with E-state index in [-0.39, 0.29) is 5.56 Å². The van der Waals surface area contributed by atoms with E-state index in [0.29, 0.717) is 27.4 Å². The zero-order valence-corrected chi connectivity index (χ0v) is 16.5. The van der Waals surface area contributed by atoms with Crippen LogP contribution in [0.15, 0.2) is 40.3 Å². The van der Waals surface area contributed by atoms with Crippen molar-refractivity contribution >= 4 is 28.6 Å². The van der Waals surface area contributed by atoms with Gasteiger partial charge >= 0.3 is 5.97 Å². The zero-order valence-electron chi connectivity index (χ0n) is 15.7. The topological polar surface area (TPSA) is 87.2 Å². The van der Waals surface area contributed by atoms with Crippen LogP contribution in [0.5, 0.6) is 0 Å². The number of benzene rings is 2. The minimum absolute atomic E-state index is 0.341. The van der Waals surface area contributed by atoms with Gasteiger partial charge in [-0.05, 0) is 55.7 Å². The number of ether oxygens (including phenoxy) is 1. The number of thioether (sulfide) groups is 1. The molecule has 2 N–H and O–H groups in total. The molecule has 1 heterocycles. The number of carbonyl (C=O) groups excluding carboxylic acids is 1. The molecule has 0 radical (unpaired) electrons. The number of nitrogen functional groups attached to an aromatic ring is 1. The fourth-order valence-electron chi connectivity index (χ4n) is 3.10. The van der Waals surface area contributed by atoms with E-state index in [0.717, 1.165) is 4.68 Å². The average Bonchev–Trinajstić information content (AvgIpc) is 2.63. The molecule has 0 fully saturated rings. The molecule has 0 unspecified atom stereocenters. The van der Waals surface area contributed by atoms with Gasteiger partial charge in [-0.25, -0.2) is 14.5 Å². The highest BCUT2D eigenvalue weighted by atomic mass is 32.2. The fraction of sp³-hybridized carbons (Fsp3) is 0.250. The Kier molecular flexibility index (Phi) is 5.23. The van der Waals surface area contributed by atoms with Gasteiger partial charge in [-0.2, -0.15) is 0 Å². The van der Waals surface area contributed by atoms with Crippen molar-refractivity contribution in [2.24, 2.45) is 0 Å². The van der Waals surface area contributed by atoms with Crippen molar-refractivity contribution in [1.29, 1.82) is 0 Å². The van der Waals surface area contributed by atoms with Gasteiger partial charge < -0.3 is 10.6 Å². The molecule has 6 nitrogen and oxygen atoms in total. The summed E-state index contributed by atoms with van der Waals surface area (Å²) in [6, 6.07) is 8.89. The maximum Gasteiger partial charge on any atom is 0.337 e. The van der Waals surface area contributed by atoms with E-state index in [9.17, 15) is 9.59 Å². The summed E-state index contributed by atoms with van der Waals surface area (Å²) in [5.41, 5.74) is 5.21. The SMILES string of the molecule is COC(=O)c1ccc2c(=O)n(N)c(SCc3c(C)cc(C)cc3C)nc2c1. The first-order chi connectivity index (χ1) is 12.8. The summed E-state index contributed by atoms with van der Waals surface area (Å²) in [5, 5.41) is 0.756. The molecule has 7 heteroatoms. The Balaban J connectivity index is 2.00. The summed E-state index contributed by atoms with van der Waals surface area (Å²) < 4.78 is 5.79. The average molecular weight is 383 g/mol. The summed E-state index contributed by atoms with van der Waals surface area (Å²) in [5.74, 6) is 6.13. The zero-order chi connectivity index (χ0) is 19.7. The minimum atomic E-state index is -0.476. The van der Waals surface area contributed by atoms with Crippen LogP contribution in [-0.4, -0.2) is 22.7 Å². The second kappa shape index (κ2) is 7.44. The number of carbonyl (C=O) groups is 1. The highest BCUT2D eigenvalue weighted by Gasteiger charge is 2.14. The van der Waals surface area contributed by atoms with Crippen LogP contribution < -0.4 is 11.4 Å². The van der Waals surface area contributed by atoms with Crippen molar-refractivity contribution in [3.05, 3.63) is 68.5 Å². The van der Waals surface area contributed by atoms with Gasteiger partial charge in [-0.3, -0.25) is 4.79 Å². The number of hydrogen-bond acceptors (Lipinski definition) is 6. The summed E-state index contributed by atoms with van der Waals surface area (Å²) in [6.07, 6.45) is 0. The molecule has 0 aliphatic heterocycles. The van der Waals surface area contributed by atoms with Crippen molar-refractivity contribution in [3.63, 3.8) is 0 Å². The largest absolute Gasteiger partial charge is 0.465 e. The van der Waals surface area contributed by atoms with Gasteiger partial charge in [-0.1, -0.05) is 29.5 Å². The molecule has 2 aromatic carbocycles. The third-order valence-corrected chi connectivity index (χ3v) is 5.46. The van der Waals surface area contributed by atoms with Gasteiger partial charge in [0, 0.05) is 5.75 Å². The first-order valence-corrected chi connectivity index (χ1v) is 9.40. The summed E-state index contributed by atoms with van der Waals surface area (Å²) in [7, 11) is 1.31. The standard InChI is InChI=1S/C20H21N3O3S/c1-11-7-12(2)16(13(3)8-11)10-27-20-22-17-9-14(19(25)26-4)5-6-15(17)18(24)23(20)21/h5-9H,10,21H2,1-4H3. The number of esters is 1. The van der Waals surface area contributed by atoms with Gasteiger partial charge in [0.2, 0.25) is 0 Å². The quantitative estimate of drug-likeness (QED) is 0.322. The van der Waals surface area contributed by atoms with Crippen LogP contribution in [0.4, 0.5) is 0 Å². The number of fused-ring (bicyclic) bond motifs is 1. The molecule has 0 amide bonds. The minimum Gasteiger partial charge on any atom is -0.465 e. The van der Waals surface area contributed by atoms with E-state index in [1.807, 2.05) is 0 Å². The van der Waals surface area contributed by atoms with E-state index in [2.05, 4.69) is 37.9 Å². The van der Waals surface area contributed by atoms with E-state index < -0.39 is 5.97 Å². The Morgan fingerprint density at radius 1 is 1.19 bits per heavy atom. The van der Waals surface area contributed by atoms with Crippen molar-refractivity contribution in [3.8, 4) is 0 Å². The number of nitrogens with zero attached hydrogens (tertiary/aromatic N) is 2. The number of hydrogen-bond donors (Lipinski definition) is 1. The van der Waals surface area contributed by atoms with Gasteiger partial charge in [0.05, 0.1) is 23.6 Å². The predicted octanol–water partition coefficient (Wildman–Crippen LogP) is 3.11. The number of methoxy groups -OCH3 is 1. The van der Waals surface area contributed by atoms with Gasteiger partial charge in [0.25, 0.3) is 5.56 Å². The van der Waals surface area contributed by atoms with Crippen molar-refractivity contribution in [1.82, 2.24) is 9.66 Å². The molecule has 0 spiro atoms. The summed E-state index contributed by atoms with van der Waals surface area (Å²) in [6.45, 7) is 6.21. The second-order valence-corrected chi connectivity index (χ2v) is 7.40. The molecule has 0 aliphatic rings. The lowest BCUT2D eigenvalue weighted by Gasteiger charge is -2.13. The van der Waals surface area contributed by atoms with Crippen LogP contribution in [0, 0.1) is 20.8 Å². The lowest BCUT2D eigenvalue weighted by Crippen LogP contribution is -2.29. The molecule has 27 heavy (non-hydrogen) atoms. The van der Waals surface area contributed by atoms with Gasteiger partial charge in [0.15, 0.2) is 5.16 Å². The highest BCUT2D eigenvalue weighted by molar-refractivity contribution is 7.98.